The van der Waals surface area contributed by atoms with E-state index in [1.54, 1.807) is 0 Å². The minimum Gasteiger partial charge on any atom is -0.317 e. The Morgan fingerprint density at radius 3 is 2.12 bits per heavy atom. The van der Waals surface area contributed by atoms with Gasteiger partial charge in [-0.15, -0.1) is 0 Å². The number of hydrogen-bond acceptors (Lipinski definition) is 2. The quantitative estimate of drug-likeness (QED) is 0.695. The highest BCUT2D eigenvalue weighted by Gasteiger charge is 1.98. The van der Waals surface area contributed by atoms with Gasteiger partial charge in [-0.2, -0.15) is 0 Å². The summed E-state index contributed by atoms with van der Waals surface area (Å²) in [5, 5.41) is 3.35. The maximum atomic E-state index is 3.35. The first-order valence-corrected chi connectivity index (χ1v) is 6.73. The molecule has 0 unspecified atom stereocenters. The van der Waals surface area contributed by atoms with Gasteiger partial charge in [0.05, 0.1) is 0 Å². The zero-order valence-corrected chi connectivity index (χ0v) is 11.5. The summed E-state index contributed by atoms with van der Waals surface area (Å²) in [5.41, 5.74) is 2.87. The second-order valence-corrected chi connectivity index (χ2v) is 4.57. The summed E-state index contributed by atoms with van der Waals surface area (Å²) in [4.78, 5) is 2.35. The van der Waals surface area contributed by atoms with Crippen molar-refractivity contribution in [2.75, 3.05) is 33.2 Å². The number of benzene rings is 1. The van der Waals surface area contributed by atoms with E-state index in [2.05, 4.69) is 55.4 Å². The molecule has 2 nitrogen and oxygen atoms in total. The van der Waals surface area contributed by atoms with Crippen LogP contribution in [-0.2, 0) is 12.8 Å². The van der Waals surface area contributed by atoms with Crippen molar-refractivity contribution in [2.45, 2.75) is 26.7 Å². The average Bonchev–Trinajstić information content (AvgIpc) is 2.37. The zero-order valence-electron chi connectivity index (χ0n) is 11.5. The van der Waals surface area contributed by atoms with Crippen LogP contribution < -0.4 is 5.32 Å². The van der Waals surface area contributed by atoms with Gasteiger partial charge in [0.15, 0.2) is 0 Å². The fourth-order valence-corrected chi connectivity index (χ4v) is 1.76. The third-order valence-electron chi connectivity index (χ3n) is 3.19. The van der Waals surface area contributed by atoms with Crippen LogP contribution in [0.4, 0.5) is 0 Å². The summed E-state index contributed by atoms with van der Waals surface area (Å²) in [5.74, 6) is 0. The third-order valence-corrected chi connectivity index (χ3v) is 3.19. The molecule has 1 aromatic carbocycles. The van der Waals surface area contributed by atoms with E-state index in [9.17, 15) is 0 Å². The molecule has 0 aliphatic carbocycles. The largest absolute Gasteiger partial charge is 0.317 e. The summed E-state index contributed by atoms with van der Waals surface area (Å²) >= 11 is 0. The molecule has 0 bridgehead atoms. The number of rotatable bonds is 8. The van der Waals surface area contributed by atoms with Gasteiger partial charge in [0.2, 0.25) is 0 Å². The summed E-state index contributed by atoms with van der Waals surface area (Å²) in [6.45, 7) is 8.75. The Bertz CT molecular complexity index is 292. The number of nitrogens with one attached hydrogen (secondary N) is 1. The van der Waals surface area contributed by atoms with Crippen LogP contribution in [0.1, 0.15) is 25.0 Å². The van der Waals surface area contributed by atoms with Crippen LogP contribution in [-0.4, -0.2) is 38.1 Å². The summed E-state index contributed by atoms with van der Waals surface area (Å²) in [7, 11) is 2.17. The number of nitrogens with zero attached hydrogens (tertiary/aromatic N) is 1. The van der Waals surface area contributed by atoms with Gasteiger partial charge in [0.1, 0.15) is 0 Å². The Balaban J connectivity index is 2.34. The van der Waals surface area contributed by atoms with E-state index in [1.165, 1.54) is 11.1 Å². The Labute approximate surface area is 106 Å². The van der Waals surface area contributed by atoms with Gasteiger partial charge in [-0.25, -0.2) is 0 Å². The molecule has 0 saturated heterocycles. The standard InChI is InChI=1S/C15H26N2/c1-4-16-12-10-14-6-8-15(9-7-14)11-13-17(3)5-2/h6-9,16H,4-5,10-13H2,1-3H3. The molecular formula is C15H26N2. The lowest BCUT2D eigenvalue weighted by atomic mass is 10.1. The van der Waals surface area contributed by atoms with Crippen LogP contribution in [0.2, 0.25) is 0 Å². The lowest BCUT2D eigenvalue weighted by Crippen LogP contribution is -2.20. The maximum Gasteiger partial charge on any atom is 0.00187 e. The summed E-state index contributed by atoms with van der Waals surface area (Å²) < 4.78 is 0. The van der Waals surface area contributed by atoms with Gasteiger partial charge < -0.3 is 10.2 Å². The fourth-order valence-electron chi connectivity index (χ4n) is 1.76. The number of hydrogen-bond donors (Lipinski definition) is 1. The Kier molecular flexibility index (Phi) is 6.90. The minimum atomic E-state index is 1.06. The predicted octanol–water partition coefficient (Wildman–Crippen LogP) is 2.33. The first-order valence-electron chi connectivity index (χ1n) is 6.73. The lowest BCUT2D eigenvalue weighted by molar-refractivity contribution is 0.357. The molecule has 0 saturated carbocycles. The molecule has 0 amide bonds. The highest BCUT2D eigenvalue weighted by Crippen LogP contribution is 2.06. The Morgan fingerprint density at radius 2 is 1.59 bits per heavy atom. The second kappa shape index (κ2) is 8.26. The van der Waals surface area contributed by atoms with Crippen LogP contribution in [0.5, 0.6) is 0 Å². The second-order valence-electron chi connectivity index (χ2n) is 4.57. The molecule has 0 fully saturated rings. The topological polar surface area (TPSA) is 15.3 Å². The molecule has 0 heterocycles. The van der Waals surface area contributed by atoms with Gasteiger partial charge in [-0.3, -0.25) is 0 Å². The van der Waals surface area contributed by atoms with Gasteiger partial charge >= 0.3 is 0 Å². The van der Waals surface area contributed by atoms with E-state index < -0.39 is 0 Å². The molecule has 1 aromatic rings. The van der Waals surface area contributed by atoms with Crippen molar-refractivity contribution in [2.24, 2.45) is 0 Å². The summed E-state index contributed by atoms with van der Waals surface area (Å²) in [6.07, 6.45) is 2.28. The lowest BCUT2D eigenvalue weighted by Gasteiger charge is -2.13. The van der Waals surface area contributed by atoms with Crippen molar-refractivity contribution in [3.8, 4) is 0 Å². The normalized spacial score (nSPS) is 11.1. The van der Waals surface area contributed by atoms with Gasteiger partial charge in [-0.1, -0.05) is 38.1 Å². The molecule has 0 aliphatic rings. The van der Waals surface area contributed by atoms with Crippen molar-refractivity contribution in [3.63, 3.8) is 0 Å². The van der Waals surface area contributed by atoms with Crippen molar-refractivity contribution in [1.29, 1.82) is 0 Å². The van der Waals surface area contributed by atoms with E-state index in [0.29, 0.717) is 0 Å². The smallest absolute Gasteiger partial charge is 0.00187 e. The van der Waals surface area contributed by atoms with Crippen LogP contribution in [0, 0.1) is 0 Å². The zero-order chi connectivity index (χ0) is 12.5. The van der Waals surface area contributed by atoms with Gasteiger partial charge in [-0.05, 0) is 50.7 Å². The van der Waals surface area contributed by atoms with Crippen molar-refractivity contribution >= 4 is 0 Å². The molecule has 0 spiro atoms. The van der Waals surface area contributed by atoms with E-state index >= 15 is 0 Å². The van der Waals surface area contributed by atoms with Crippen molar-refractivity contribution in [1.82, 2.24) is 10.2 Å². The SMILES string of the molecule is CCNCCc1ccc(CCN(C)CC)cc1. The van der Waals surface area contributed by atoms with E-state index in [0.717, 1.165) is 39.0 Å². The Morgan fingerprint density at radius 1 is 1.00 bits per heavy atom. The van der Waals surface area contributed by atoms with E-state index in [-0.39, 0.29) is 0 Å². The first kappa shape index (κ1) is 14.2. The molecule has 0 aromatic heterocycles. The molecule has 96 valence electrons. The maximum absolute atomic E-state index is 3.35. The molecular weight excluding hydrogens is 208 g/mol. The third kappa shape index (κ3) is 5.85. The van der Waals surface area contributed by atoms with Crippen molar-refractivity contribution in [3.05, 3.63) is 35.4 Å². The van der Waals surface area contributed by atoms with Crippen LogP contribution in [0.25, 0.3) is 0 Å². The molecule has 2 heteroatoms. The molecule has 17 heavy (non-hydrogen) atoms. The van der Waals surface area contributed by atoms with Crippen LogP contribution in [0.15, 0.2) is 24.3 Å². The molecule has 1 N–H and O–H groups in total. The van der Waals surface area contributed by atoms with Crippen LogP contribution in [0.3, 0.4) is 0 Å². The fraction of sp³-hybridized carbons (Fsp3) is 0.600. The van der Waals surface area contributed by atoms with Crippen LogP contribution >= 0.6 is 0 Å². The molecule has 1 rings (SSSR count). The van der Waals surface area contributed by atoms with E-state index in [1.807, 2.05) is 0 Å². The number of likely N-dealkylation sites (N-methyl/N-ethyl adjacent to an activating group) is 2. The Hall–Kier alpha value is -0.860. The minimum absolute atomic E-state index is 1.06. The highest BCUT2D eigenvalue weighted by atomic mass is 15.1. The molecule has 0 radical (unpaired) electrons. The molecule has 0 atom stereocenters. The monoisotopic (exact) mass is 234 g/mol. The van der Waals surface area contributed by atoms with Crippen molar-refractivity contribution < 1.29 is 0 Å². The predicted molar refractivity (Wildman–Crippen MR) is 75.6 cm³/mol. The first-order chi connectivity index (χ1) is 8.26. The highest BCUT2D eigenvalue weighted by molar-refractivity contribution is 5.23. The molecule has 0 aliphatic heterocycles. The van der Waals surface area contributed by atoms with Gasteiger partial charge in [0.25, 0.3) is 0 Å². The summed E-state index contributed by atoms with van der Waals surface area (Å²) in [6, 6.07) is 9.06. The van der Waals surface area contributed by atoms with E-state index in [4.69, 9.17) is 0 Å². The van der Waals surface area contributed by atoms with Gasteiger partial charge in [0, 0.05) is 6.54 Å². The average molecular weight is 234 g/mol.